The van der Waals surface area contributed by atoms with Crippen LogP contribution in [0.1, 0.15) is 0 Å². The second-order valence-electron chi connectivity index (χ2n) is 4.25. The Morgan fingerprint density at radius 3 is 2.10 bits per heavy atom. The number of fused-ring (bicyclic) bond motifs is 2. The predicted molar refractivity (Wildman–Crippen MR) is 66.2 cm³/mol. The van der Waals surface area contributed by atoms with E-state index in [1.165, 1.54) is 6.07 Å². The van der Waals surface area contributed by atoms with Crippen LogP contribution in [0.3, 0.4) is 0 Å². The summed E-state index contributed by atoms with van der Waals surface area (Å²) in [6.45, 7) is 0. The summed E-state index contributed by atoms with van der Waals surface area (Å²) in [4.78, 5) is 0. The fourth-order valence-electron chi connectivity index (χ4n) is 1.96. The topological polar surface area (TPSA) is 112 Å². The van der Waals surface area contributed by atoms with E-state index in [1.54, 1.807) is 0 Å². The van der Waals surface area contributed by atoms with Crippen molar-refractivity contribution in [3.8, 4) is 17.6 Å². The summed E-state index contributed by atoms with van der Waals surface area (Å²) in [5, 5.41) is 10.2. The van der Waals surface area contributed by atoms with Gasteiger partial charge in [0.2, 0.25) is 0 Å². The molecule has 0 aromatic heterocycles. The number of nitrogens with zero attached hydrogens (tertiary/aromatic N) is 1. The zero-order valence-corrected chi connectivity index (χ0v) is 11.2. The lowest BCUT2D eigenvalue weighted by Crippen LogP contribution is -2.50. The Labute approximate surface area is 117 Å². The average molecular weight is 318 g/mol. The number of hydrogen-bond acceptors (Lipinski definition) is 7. The van der Waals surface area contributed by atoms with E-state index in [2.05, 4.69) is 0 Å². The third-order valence-electron chi connectivity index (χ3n) is 2.92. The molecule has 0 atom stereocenters. The lowest BCUT2D eigenvalue weighted by molar-refractivity contribution is 0.0534. The Kier molecular flexibility index (Phi) is 2.51. The smallest absolute Gasteiger partial charge is 0.424 e. The van der Waals surface area contributed by atoms with Gasteiger partial charge in [-0.1, -0.05) is 0 Å². The zero-order chi connectivity index (χ0) is 15.5. The van der Waals surface area contributed by atoms with Crippen LogP contribution in [-0.2, 0) is 10.0 Å². The number of anilines is 2. The molecule has 0 spiro atoms. The minimum Gasteiger partial charge on any atom is -0.424 e. The second-order valence-corrected chi connectivity index (χ2v) is 6.20. The van der Waals surface area contributed by atoms with Gasteiger partial charge in [0.05, 0.1) is 11.4 Å². The standard InChI is InChI=1S/C10H8F2N4O4S/c1-14-21(17,18)9(4-13)19-7-2-5-6(3-8(7)20-9)16-10(11,12)15-5/h2-3,14-16H,1H3. The van der Waals surface area contributed by atoms with Gasteiger partial charge in [-0.05, 0) is 7.05 Å². The van der Waals surface area contributed by atoms with Crippen molar-refractivity contribution in [3.05, 3.63) is 12.1 Å². The van der Waals surface area contributed by atoms with Crippen molar-refractivity contribution in [3.63, 3.8) is 0 Å². The molecule has 2 heterocycles. The predicted octanol–water partition coefficient (Wildman–Crippen LogP) is 0.572. The van der Waals surface area contributed by atoms with E-state index >= 15 is 0 Å². The number of hydrogen-bond donors (Lipinski definition) is 3. The third-order valence-corrected chi connectivity index (χ3v) is 4.42. The maximum absolute atomic E-state index is 13.1. The third kappa shape index (κ3) is 1.83. The molecule has 0 saturated heterocycles. The molecule has 0 fully saturated rings. The molecular weight excluding hydrogens is 310 g/mol. The first-order valence-electron chi connectivity index (χ1n) is 5.56. The molecule has 0 radical (unpaired) electrons. The number of nitrogens with one attached hydrogen (secondary N) is 3. The van der Waals surface area contributed by atoms with E-state index in [0.717, 1.165) is 19.2 Å². The van der Waals surface area contributed by atoms with Crippen molar-refractivity contribution < 1.29 is 26.7 Å². The van der Waals surface area contributed by atoms with E-state index in [1.807, 2.05) is 15.4 Å². The highest BCUT2D eigenvalue weighted by Gasteiger charge is 2.55. The largest absolute Gasteiger partial charge is 0.463 e. The van der Waals surface area contributed by atoms with Crippen LogP contribution in [0, 0.1) is 11.3 Å². The van der Waals surface area contributed by atoms with Crippen molar-refractivity contribution in [2.24, 2.45) is 0 Å². The van der Waals surface area contributed by atoms with Crippen LogP contribution in [0.25, 0.3) is 0 Å². The van der Waals surface area contributed by atoms with Gasteiger partial charge in [-0.2, -0.15) is 14.0 Å². The molecule has 112 valence electrons. The highest BCUT2D eigenvalue weighted by Crippen LogP contribution is 2.48. The number of rotatable bonds is 2. The molecule has 0 unspecified atom stereocenters. The Morgan fingerprint density at radius 1 is 1.24 bits per heavy atom. The lowest BCUT2D eigenvalue weighted by Gasteiger charge is -2.18. The highest BCUT2D eigenvalue weighted by molar-refractivity contribution is 7.90. The maximum Gasteiger partial charge on any atom is 0.463 e. The maximum atomic E-state index is 13.1. The number of ether oxygens (including phenoxy) is 2. The Balaban J connectivity index is 2.03. The molecule has 11 heteroatoms. The van der Waals surface area contributed by atoms with E-state index in [9.17, 15) is 17.2 Å². The zero-order valence-electron chi connectivity index (χ0n) is 10.4. The average Bonchev–Trinajstić information content (AvgIpc) is 2.91. The molecule has 2 aliphatic heterocycles. The van der Waals surface area contributed by atoms with Crippen LogP contribution in [0.15, 0.2) is 12.1 Å². The lowest BCUT2D eigenvalue weighted by atomic mass is 10.2. The fraction of sp³-hybridized carbons (Fsp3) is 0.300. The van der Waals surface area contributed by atoms with Gasteiger partial charge in [-0.3, -0.25) is 0 Å². The summed E-state index contributed by atoms with van der Waals surface area (Å²) in [6.07, 6.45) is -3.33. The van der Waals surface area contributed by atoms with Crippen molar-refractivity contribution in [2.75, 3.05) is 17.7 Å². The van der Waals surface area contributed by atoms with Gasteiger partial charge in [0.15, 0.2) is 17.6 Å². The quantitative estimate of drug-likeness (QED) is 0.683. The minimum absolute atomic E-state index is 0.00190. The molecule has 0 aliphatic carbocycles. The molecule has 21 heavy (non-hydrogen) atoms. The van der Waals surface area contributed by atoms with Crippen molar-refractivity contribution in [2.45, 2.75) is 11.3 Å². The molecule has 3 rings (SSSR count). The number of nitriles is 1. The monoisotopic (exact) mass is 318 g/mol. The van der Waals surface area contributed by atoms with Crippen molar-refractivity contribution >= 4 is 21.4 Å². The highest BCUT2D eigenvalue weighted by atomic mass is 32.2. The second kappa shape index (κ2) is 3.86. The van der Waals surface area contributed by atoms with Crippen LogP contribution in [-0.4, -0.2) is 26.8 Å². The molecule has 0 bridgehead atoms. The molecule has 2 aliphatic rings. The molecule has 3 N–H and O–H groups in total. The molecular formula is C10H8F2N4O4S. The molecule has 1 aromatic carbocycles. The SMILES string of the molecule is CNS(=O)(=O)C1(C#N)Oc2cc3c(cc2O1)NC(F)(F)N3. The molecule has 0 amide bonds. The van der Waals surface area contributed by atoms with Gasteiger partial charge >= 0.3 is 21.3 Å². The number of alkyl halides is 2. The molecule has 1 aromatic rings. The van der Waals surface area contributed by atoms with E-state index in [4.69, 9.17) is 14.7 Å². The molecule has 0 saturated carbocycles. The minimum atomic E-state index is -4.26. The Morgan fingerprint density at radius 2 is 1.71 bits per heavy atom. The first kappa shape index (κ1) is 13.7. The molecule has 8 nitrogen and oxygen atoms in total. The van der Waals surface area contributed by atoms with Crippen molar-refractivity contribution in [1.82, 2.24) is 4.72 Å². The van der Waals surface area contributed by atoms with E-state index < -0.39 is 21.3 Å². The fourth-order valence-corrected chi connectivity index (χ4v) is 2.74. The first-order valence-corrected chi connectivity index (χ1v) is 7.05. The summed E-state index contributed by atoms with van der Waals surface area (Å²) in [5.41, 5.74) is -0.00380. The Bertz CT molecular complexity index is 737. The van der Waals surface area contributed by atoms with Crippen molar-refractivity contribution in [1.29, 1.82) is 5.26 Å². The Hall–Kier alpha value is -2.32. The van der Waals surface area contributed by atoms with Gasteiger partial charge in [0.1, 0.15) is 0 Å². The summed E-state index contributed by atoms with van der Waals surface area (Å²) >= 11 is 0. The van der Waals surface area contributed by atoms with Crippen LogP contribution in [0.5, 0.6) is 11.5 Å². The summed E-state index contributed by atoms with van der Waals surface area (Å²) in [6, 6.07) is 3.68. The summed E-state index contributed by atoms with van der Waals surface area (Å²) in [7, 11) is -3.17. The van der Waals surface area contributed by atoms with Gasteiger partial charge < -0.3 is 20.1 Å². The van der Waals surface area contributed by atoms with Gasteiger partial charge in [0, 0.05) is 12.1 Å². The summed E-state index contributed by atoms with van der Waals surface area (Å²) < 4.78 is 62.0. The van der Waals surface area contributed by atoms with Crippen LogP contribution >= 0.6 is 0 Å². The number of sulfonamides is 1. The normalized spacial score (nSPS) is 20.1. The van der Waals surface area contributed by atoms with Crippen LogP contribution in [0.2, 0.25) is 0 Å². The number of halogens is 2. The van der Waals surface area contributed by atoms with E-state index in [-0.39, 0.29) is 22.9 Å². The van der Waals surface area contributed by atoms with Gasteiger partial charge in [-0.25, -0.2) is 13.1 Å². The van der Waals surface area contributed by atoms with E-state index in [0.29, 0.717) is 0 Å². The number of benzene rings is 1. The summed E-state index contributed by atoms with van der Waals surface area (Å²) in [5.74, 6) is -0.276. The van der Waals surface area contributed by atoms with Gasteiger partial charge in [-0.15, -0.1) is 0 Å². The van der Waals surface area contributed by atoms with Gasteiger partial charge in [0.25, 0.3) is 0 Å². The van der Waals surface area contributed by atoms with Crippen LogP contribution in [0.4, 0.5) is 20.2 Å². The first-order chi connectivity index (χ1) is 9.72. The van der Waals surface area contributed by atoms with Crippen LogP contribution < -0.4 is 24.8 Å².